The molecule has 0 radical (unpaired) electrons. The van der Waals surface area contributed by atoms with Gasteiger partial charge in [0.25, 0.3) is 0 Å². The maximum atomic E-state index is 10.5. The van der Waals surface area contributed by atoms with Gasteiger partial charge in [-0.1, -0.05) is 6.07 Å². The first-order valence-electron chi connectivity index (χ1n) is 2.78. The zero-order chi connectivity index (χ0) is 8.48. The molecule has 4 nitrogen and oxygen atoms in total. The fourth-order valence-corrected chi connectivity index (χ4v) is 2.21. The molecule has 0 fully saturated rings. The summed E-state index contributed by atoms with van der Waals surface area (Å²) >= 11 is 1.12. The number of hydrogen-bond acceptors (Lipinski definition) is 3. The van der Waals surface area contributed by atoms with E-state index in [2.05, 4.69) is 0 Å². The van der Waals surface area contributed by atoms with Crippen LogP contribution in [0, 0.1) is 0 Å². The van der Waals surface area contributed by atoms with E-state index in [-0.39, 0.29) is 0 Å². The molecule has 3 N–H and O–H groups in total. The monoisotopic (exact) mass is 194 g/mol. The van der Waals surface area contributed by atoms with Gasteiger partial charge in [-0.2, -0.15) is 0 Å². The van der Waals surface area contributed by atoms with Crippen LogP contribution in [0.1, 0.15) is 10.7 Å². The van der Waals surface area contributed by atoms with Crippen molar-refractivity contribution in [3.63, 3.8) is 0 Å². The van der Waals surface area contributed by atoms with Crippen LogP contribution < -0.4 is 0 Å². The van der Waals surface area contributed by atoms with Crippen LogP contribution in [-0.2, 0) is 4.57 Å². The zero-order valence-electron chi connectivity index (χ0n) is 5.41. The lowest BCUT2D eigenvalue weighted by atomic mass is 10.5. The first kappa shape index (κ1) is 8.90. The number of thiophene rings is 1. The van der Waals surface area contributed by atoms with E-state index in [1.807, 2.05) is 0 Å². The molecule has 0 bridgehead atoms. The normalized spacial score (nSPS) is 14.8. The summed E-state index contributed by atoms with van der Waals surface area (Å²) in [5.74, 6) is -1.66. The number of hydrogen-bond donors (Lipinski definition) is 3. The number of aliphatic hydroxyl groups excluding tert-OH is 1. The molecule has 1 heterocycles. The summed E-state index contributed by atoms with van der Waals surface area (Å²) in [5, 5.41) is 10.6. The Kier molecular flexibility index (Phi) is 2.47. The van der Waals surface area contributed by atoms with Gasteiger partial charge in [0.1, 0.15) is 0 Å². The Balaban J connectivity index is 2.87. The van der Waals surface area contributed by atoms with Crippen molar-refractivity contribution >= 4 is 18.9 Å². The Bertz CT molecular complexity index is 264. The Morgan fingerprint density at radius 1 is 1.55 bits per heavy atom. The SMILES string of the molecule is O=P(O)(O)C(O)c1cccs1. The van der Waals surface area contributed by atoms with Crippen LogP contribution in [0.15, 0.2) is 17.5 Å². The molecule has 6 heteroatoms. The third kappa shape index (κ3) is 2.12. The van der Waals surface area contributed by atoms with Gasteiger partial charge in [0.05, 0.1) is 0 Å². The fourth-order valence-electron chi connectivity index (χ4n) is 0.604. The van der Waals surface area contributed by atoms with Crippen LogP contribution in [-0.4, -0.2) is 14.9 Å². The summed E-state index contributed by atoms with van der Waals surface area (Å²) < 4.78 is 10.5. The average molecular weight is 194 g/mol. The molecular weight excluding hydrogens is 187 g/mol. The van der Waals surface area contributed by atoms with Crippen LogP contribution in [0.25, 0.3) is 0 Å². The minimum absolute atomic E-state index is 0.290. The molecule has 11 heavy (non-hydrogen) atoms. The van der Waals surface area contributed by atoms with Crippen molar-refractivity contribution in [1.29, 1.82) is 0 Å². The predicted molar refractivity (Wildman–Crippen MR) is 41.3 cm³/mol. The largest absolute Gasteiger partial charge is 0.376 e. The van der Waals surface area contributed by atoms with Gasteiger partial charge in [-0.25, -0.2) is 0 Å². The van der Waals surface area contributed by atoms with Crippen LogP contribution in [0.4, 0.5) is 0 Å². The minimum Gasteiger partial charge on any atom is -0.376 e. The third-order valence-electron chi connectivity index (χ3n) is 1.12. The van der Waals surface area contributed by atoms with Crippen LogP contribution in [0.3, 0.4) is 0 Å². The average Bonchev–Trinajstić information content (AvgIpc) is 2.34. The highest BCUT2D eigenvalue weighted by atomic mass is 32.1. The van der Waals surface area contributed by atoms with Gasteiger partial charge in [0.15, 0.2) is 5.85 Å². The van der Waals surface area contributed by atoms with E-state index >= 15 is 0 Å². The molecule has 0 saturated carbocycles. The highest BCUT2D eigenvalue weighted by Gasteiger charge is 2.28. The molecule has 0 amide bonds. The minimum atomic E-state index is -4.38. The van der Waals surface area contributed by atoms with E-state index in [1.165, 1.54) is 6.07 Å². The fraction of sp³-hybridized carbons (Fsp3) is 0.200. The van der Waals surface area contributed by atoms with Crippen LogP contribution in [0.2, 0.25) is 0 Å². The molecule has 0 aliphatic rings. The topological polar surface area (TPSA) is 77.8 Å². The molecule has 1 unspecified atom stereocenters. The van der Waals surface area contributed by atoms with E-state index in [1.54, 1.807) is 11.4 Å². The standard InChI is InChI=1S/C5H7O4PS/c6-5(10(7,8)9)4-2-1-3-11-4/h1-3,5-6H,(H2,7,8,9). The second-order valence-electron chi connectivity index (χ2n) is 1.98. The lowest BCUT2D eigenvalue weighted by molar-refractivity contribution is 0.208. The van der Waals surface area contributed by atoms with Crippen molar-refractivity contribution in [3.8, 4) is 0 Å². The zero-order valence-corrected chi connectivity index (χ0v) is 7.13. The first-order chi connectivity index (χ1) is 5.02. The Morgan fingerprint density at radius 2 is 2.18 bits per heavy atom. The quantitative estimate of drug-likeness (QED) is 0.611. The molecule has 62 valence electrons. The van der Waals surface area contributed by atoms with Crippen molar-refractivity contribution in [1.82, 2.24) is 0 Å². The molecule has 0 saturated heterocycles. The molecule has 1 aromatic heterocycles. The lowest BCUT2D eigenvalue weighted by Crippen LogP contribution is -1.94. The van der Waals surface area contributed by atoms with E-state index in [0.29, 0.717) is 4.88 Å². The summed E-state index contributed by atoms with van der Waals surface area (Å²) in [7, 11) is -4.38. The van der Waals surface area contributed by atoms with Crippen molar-refractivity contribution in [2.45, 2.75) is 5.85 Å². The van der Waals surface area contributed by atoms with E-state index in [0.717, 1.165) is 11.3 Å². The van der Waals surface area contributed by atoms with E-state index in [4.69, 9.17) is 14.9 Å². The molecule has 1 rings (SSSR count). The maximum Gasteiger partial charge on any atom is 0.359 e. The Labute approximate surface area is 67.3 Å². The molecule has 0 spiro atoms. The first-order valence-corrected chi connectivity index (χ1v) is 5.34. The number of aliphatic hydroxyl groups is 1. The summed E-state index contributed by atoms with van der Waals surface area (Å²) in [6.45, 7) is 0. The van der Waals surface area contributed by atoms with E-state index in [9.17, 15) is 4.57 Å². The van der Waals surface area contributed by atoms with Gasteiger partial charge >= 0.3 is 7.60 Å². The smallest absolute Gasteiger partial charge is 0.359 e. The molecular formula is C5H7O4PS. The van der Waals surface area contributed by atoms with Crippen molar-refractivity contribution < 1.29 is 19.5 Å². The molecule has 0 aromatic carbocycles. The van der Waals surface area contributed by atoms with Crippen molar-refractivity contribution in [2.24, 2.45) is 0 Å². The van der Waals surface area contributed by atoms with Gasteiger partial charge in [-0.3, -0.25) is 4.57 Å². The van der Waals surface area contributed by atoms with Crippen molar-refractivity contribution in [2.75, 3.05) is 0 Å². The van der Waals surface area contributed by atoms with Gasteiger partial charge in [0.2, 0.25) is 0 Å². The van der Waals surface area contributed by atoms with Crippen LogP contribution in [0.5, 0.6) is 0 Å². The second-order valence-corrected chi connectivity index (χ2v) is 4.62. The lowest BCUT2D eigenvalue weighted by Gasteiger charge is -2.09. The number of rotatable bonds is 2. The van der Waals surface area contributed by atoms with Gasteiger partial charge < -0.3 is 14.9 Å². The molecule has 0 aliphatic heterocycles. The van der Waals surface area contributed by atoms with Gasteiger partial charge in [-0.15, -0.1) is 11.3 Å². The summed E-state index contributed by atoms with van der Waals surface area (Å²) in [6.07, 6.45) is 0. The highest BCUT2D eigenvalue weighted by Crippen LogP contribution is 2.50. The second kappa shape index (κ2) is 3.05. The molecule has 1 atom stereocenters. The third-order valence-corrected chi connectivity index (χ3v) is 3.13. The molecule has 1 aromatic rings. The van der Waals surface area contributed by atoms with Crippen molar-refractivity contribution in [3.05, 3.63) is 22.4 Å². The maximum absolute atomic E-state index is 10.5. The van der Waals surface area contributed by atoms with Gasteiger partial charge in [-0.05, 0) is 11.4 Å². The molecule has 0 aliphatic carbocycles. The van der Waals surface area contributed by atoms with E-state index < -0.39 is 13.4 Å². The van der Waals surface area contributed by atoms with Gasteiger partial charge in [0, 0.05) is 4.88 Å². The Morgan fingerprint density at radius 3 is 2.55 bits per heavy atom. The Hall–Kier alpha value is -0.190. The highest BCUT2D eigenvalue weighted by molar-refractivity contribution is 7.52. The predicted octanol–water partition coefficient (Wildman–Crippen LogP) is 0.917. The summed E-state index contributed by atoms with van der Waals surface area (Å²) in [4.78, 5) is 17.3. The summed E-state index contributed by atoms with van der Waals surface area (Å²) in [5.41, 5.74) is 0. The van der Waals surface area contributed by atoms with Crippen LogP contribution >= 0.6 is 18.9 Å². The summed E-state index contributed by atoms with van der Waals surface area (Å²) in [6, 6.07) is 3.10.